The smallest absolute Gasteiger partial charge is 0.120 e. The van der Waals surface area contributed by atoms with Crippen LogP contribution in [0.25, 0.3) is 0 Å². The van der Waals surface area contributed by atoms with E-state index in [-0.39, 0.29) is 24.6 Å². The van der Waals surface area contributed by atoms with Gasteiger partial charge >= 0.3 is 0 Å². The quantitative estimate of drug-likeness (QED) is 0.781. The van der Waals surface area contributed by atoms with Crippen molar-refractivity contribution in [3.63, 3.8) is 0 Å². The van der Waals surface area contributed by atoms with Crippen molar-refractivity contribution in [1.82, 2.24) is 5.32 Å². The number of hydrogen-bond donors (Lipinski definition) is 2. The molecular weight excluding hydrogens is 333 g/mol. The van der Waals surface area contributed by atoms with E-state index in [1.54, 1.807) is 0 Å². The van der Waals surface area contributed by atoms with Gasteiger partial charge in [0.1, 0.15) is 12.4 Å². The highest BCUT2D eigenvalue weighted by molar-refractivity contribution is 6.31. The number of benzene rings is 2. The number of aliphatic hydroxyl groups excluding tert-OH is 1. The fourth-order valence-corrected chi connectivity index (χ4v) is 2.11. The van der Waals surface area contributed by atoms with Crippen LogP contribution in [-0.4, -0.2) is 17.3 Å². The van der Waals surface area contributed by atoms with Gasteiger partial charge in [-0.25, -0.2) is 0 Å². The summed E-state index contributed by atoms with van der Waals surface area (Å²) in [6.45, 7) is 5.14. The Kier molecular flexibility index (Phi) is 7.86. The van der Waals surface area contributed by atoms with Crippen molar-refractivity contribution in [2.75, 3.05) is 6.61 Å². The Morgan fingerprint density at radius 3 is 2.57 bits per heavy atom. The minimum Gasteiger partial charge on any atom is -0.489 e. The lowest BCUT2D eigenvalue weighted by molar-refractivity contribution is 0.187. The third-order valence-corrected chi connectivity index (χ3v) is 3.79. The molecular formula is C18H23Cl2NO2. The summed E-state index contributed by atoms with van der Waals surface area (Å²) in [6, 6.07) is 15.6. The number of ether oxygens (including phenoxy) is 1. The van der Waals surface area contributed by atoms with Gasteiger partial charge in [0.25, 0.3) is 0 Å². The number of aliphatic hydroxyl groups is 1. The lowest BCUT2D eigenvalue weighted by Gasteiger charge is -2.23. The molecule has 3 nitrogen and oxygen atoms in total. The first-order chi connectivity index (χ1) is 10.5. The maximum absolute atomic E-state index is 9.26. The van der Waals surface area contributed by atoms with Gasteiger partial charge in [-0.05, 0) is 37.6 Å². The Bertz CT molecular complexity index is 617. The molecule has 0 unspecified atom stereocenters. The molecule has 2 aromatic carbocycles. The molecule has 0 bridgehead atoms. The van der Waals surface area contributed by atoms with Gasteiger partial charge in [-0.2, -0.15) is 0 Å². The minimum absolute atomic E-state index is 0. The summed E-state index contributed by atoms with van der Waals surface area (Å²) < 4.78 is 5.81. The molecule has 2 N–H and O–H groups in total. The molecule has 126 valence electrons. The van der Waals surface area contributed by atoms with Crippen molar-refractivity contribution in [3.8, 4) is 5.75 Å². The summed E-state index contributed by atoms with van der Waals surface area (Å²) in [5.74, 6) is 0.807. The molecule has 0 heterocycles. The van der Waals surface area contributed by atoms with Gasteiger partial charge in [-0.1, -0.05) is 41.9 Å². The molecule has 0 aromatic heterocycles. The van der Waals surface area contributed by atoms with Crippen LogP contribution in [0.2, 0.25) is 5.02 Å². The van der Waals surface area contributed by atoms with E-state index in [1.807, 2.05) is 62.4 Å². The predicted molar refractivity (Wildman–Crippen MR) is 97.5 cm³/mol. The van der Waals surface area contributed by atoms with Crippen LogP contribution in [0.15, 0.2) is 48.5 Å². The van der Waals surface area contributed by atoms with Gasteiger partial charge in [0.2, 0.25) is 0 Å². The Hall–Kier alpha value is -1.26. The monoisotopic (exact) mass is 355 g/mol. The van der Waals surface area contributed by atoms with E-state index in [2.05, 4.69) is 5.32 Å². The van der Waals surface area contributed by atoms with Crippen LogP contribution < -0.4 is 10.1 Å². The summed E-state index contributed by atoms with van der Waals surface area (Å²) in [5.41, 5.74) is 1.78. The Morgan fingerprint density at radius 2 is 1.87 bits per heavy atom. The van der Waals surface area contributed by atoms with E-state index in [4.69, 9.17) is 16.3 Å². The van der Waals surface area contributed by atoms with Crippen LogP contribution in [0.3, 0.4) is 0 Å². The Labute approximate surface area is 149 Å². The molecule has 0 radical (unpaired) electrons. The standard InChI is InChI=1S/C18H22ClNO2.ClH/c1-18(2,13-21)20-11-14-6-5-8-16(10-14)22-12-15-7-3-4-9-17(15)19;/h3-10,20-21H,11-13H2,1-2H3;1H. The fraction of sp³-hybridized carbons (Fsp3) is 0.333. The van der Waals surface area contributed by atoms with Gasteiger partial charge in [0.15, 0.2) is 0 Å². The highest BCUT2D eigenvalue weighted by Crippen LogP contribution is 2.19. The van der Waals surface area contributed by atoms with Gasteiger partial charge in [0.05, 0.1) is 6.61 Å². The van der Waals surface area contributed by atoms with Crippen molar-refractivity contribution in [1.29, 1.82) is 0 Å². The van der Waals surface area contributed by atoms with Crippen LogP contribution in [-0.2, 0) is 13.2 Å². The van der Waals surface area contributed by atoms with Crippen molar-refractivity contribution in [3.05, 3.63) is 64.7 Å². The van der Waals surface area contributed by atoms with Crippen LogP contribution in [0.1, 0.15) is 25.0 Å². The molecule has 0 aliphatic heterocycles. The van der Waals surface area contributed by atoms with E-state index in [1.165, 1.54) is 0 Å². The lowest BCUT2D eigenvalue weighted by Crippen LogP contribution is -2.42. The zero-order valence-electron chi connectivity index (χ0n) is 13.4. The molecule has 5 heteroatoms. The van der Waals surface area contributed by atoms with Crippen molar-refractivity contribution >= 4 is 24.0 Å². The van der Waals surface area contributed by atoms with Crippen LogP contribution in [0.5, 0.6) is 5.75 Å². The number of halogens is 2. The van der Waals surface area contributed by atoms with E-state index < -0.39 is 0 Å². The third-order valence-electron chi connectivity index (χ3n) is 3.42. The molecule has 0 saturated carbocycles. The zero-order valence-corrected chi connectivity index (χ0v) is 15.0. The van der Waals surface area contributed by atoms with E-state index in [9.17, 15) is 5.11 Å². The molecule has 0 aliphatic carbocycles. The number of rotatable bonds is 7. The molecule has 0 spiro atoms. The van der Waals surface area contributed by atoms with Gasteiger partial charge in [-0.15, -0.1) is 12.4 Å². The SMILES string of the molecule is CC(C)(CO)NCc1cccc(OCc2ccccc2Cl)c1.Cl. The van der Waals surface area contributed by atoms with Gasteiger partial charge in [0, 0.05) is 22.7 Å². The van der Waals surface area contributed by atoms with Crippen LogP contribution >= 0.6 is 24.0 Å². The van der Waals surface area contributed by atoms with Crippen LogP contribution in [0, 0.1) is 0 Å². The third kappa shape index (κ3) is 6.40. The van der Waals surface area contributed by atoms with Gasteiger partial charge < -0.3 is 15.2 Å². The second kappa shape index (κ2) is 9.14. The Balaban J connectivity index is 0.00000264. The molecule has 2 rings (SSSR count). The first-order valence-electron chi connectivity index (χ1n) is 7.31. The first kappa shape index (κ1) is 19.8. The highest BCUT2D eigenvalue weighted by Gasteiger charge is 2.14. The predicted octanol–water partition coefficient (Wildman–Crippen LogP) is 4.20. The summed E-state index contributed by atoms with van der Waals surface area (Å²) >= 11 is 6.12. The second-order valence-corrected chi connectivity index (χ2v) is 6.33. The molecule has 23 heavy (non-hydrogen) atoms. The number of nitrogens with one attached hydrogen (secondary N) is 1. The first-order valence-corrected chi connectivity index (χ1v) is 7.69. The summed E-state index contributed by atoms with van der Waals surface area (Å²) in [4.78, 5) is 0. The maximum Gasteiger partial charge on any atom is 0.120 e. The van der Waals surface area contributed by atoms with E-state index in [0.29, 0.717) is 18.2 Å². The molecule has 0 fully saturated rings. The second-order valence-electron chi connectivity index (χ2n) is 5.92. The average Bonchev–Trinajstić information content (AvgIpc) is 2.53. The molecule has 2 aromatic rings. The molecule has 0 atom stereocenters. The van der Waals surface area contributed by atoms with Crippen molar-refractivity contribution in [2.45, 2.75) is 32.5 Å². The maximum atomic E-state index is 9.26. The average molecular weight is 356 g/mol. The highest BCUT2D eigenvalue weighted by atomic mass is 35.5. The normalized spacial score (nSPS) is 11.0. The van der Waals surface area contributed by atoms with Crippen molar-refractivity contribution < 1.29 is 9.84 Å². The van der Waals surface area contributed by atoms with Crippen molar-refractivity contribution in [2.24, 2.45) is 0 Å². The minimum atomic E-state index is -0.297. The summed E-state index contributed by atoms with van der Waals surface area (Å²) in [7, 11) is 0. The molecule has 0 aliphatic rings. The number of hydrogen-bond acceptors (Lipinski definition) is 3. The van der Waals surface area contributed by atoms with E-state index in [0.717, 1.165) is 16.9 Å². The largest absolute Gasteiger partial charge is 0.489 e. The topological polar surface area (TPSA) is 41.5 Å². The Morgan fingerprint density at radius 1 is 1.13 bits per heavy atom. The van der Waals surface area contributed by atoms with E-state index >= 15 is 0 Å². The fourth-order valence-electron chi connectivity index (χ4n) is 1.92. The lowest BCUT2D eigenvalue weighted by atomic mass is 10.1. The summed E-state index contributed by atoms with van der Waals surface area (Å²) in [5, 5.41) is 13.3. The molecule has 0 amide bonds. The van der Waals surface area contributed by atoms with Gasteiger partial charge in [-0.3, -0.25) is 0 Å². The summed E-state index contributed by atoms with van der Waals surface area (Å²) in [6.07, 6.45) is 0. The molecule has 0 saturated heterocycles. The van der Waals surface area contributed by atoms with Crippen LogP contribution in [0.4, 0.5) is 0 Å². The zero-order chi connectivity index (χ0) is 16.0.